The average Bonchev–Trinajstić information content (AvgIpc) is 2.38. The van der Waals surface area contributed by atoms with Crippen molar-refractivity contribution in [2.24, 2.45) is 0 Å². The molecule has 0 aromatic heterocycles. The second-order valence-electron chi connectivity index (χ2n) is 5.54. The van der Waals surface area contributed by atoms with Crippen molar-refractivity contribution >= 4 is 9.84 Å². The van der Waals surface area contributed by atoms with E-state index in [-0.39, 0.29) is 0 Å². The van der Waals surface area contributed by atoms with E-state index < -0.39 is 9.84 Å². The fraction of sp³-hybridized carbons (Fsp3) is 1.00. The van der Waals surface area contributed by atoms with E-state index in [2.05, 4.69) is 17.1 Å². The third-order valence-electron chi connectivity index (χ3n) is 3.76. The van der Waals surface area contributed by atoms with Crippen molar-refractivity contribution in [3.8, 4) is 0 Å². The van der Waals surface area contributed by atoms with Crippen LogP contribution in [0.15, 0.2) is 0 Å². The van der Waals surface area contributed by atoms with Gasteiger partial charge in [0.05, 0.1) is 5.75 Å². The second kappa shape index (κ2) is 8.93. The molecule has 0 spiro atoms. The maximum Gasteiger partial charge on any atom is 0.151 e. The smallest absolute Gasteiger partial charge is 0.151 e. The topological polar surface area (TPSA) is 49.4 Å². The van der Waals surface area contributed by atoms with Gasteiger partial charge in [-0.05, 0) is 38.8 Å². The number of hydrogen-bond donors (Lipinski definition) is 1. The molecule has 4 nitrogen and oxygen atoms in total. The Balaban J connectivity index is 2.39. The maximum absolute atomic E-state index is 11.8. The largest absolute Gasteiger partial charge is 0.315 e. The van der Waals surface area contributed by atoms with Crippen LogP contribution in [-0.2, 0) is 9.84 Å². The molecule has 0 amide bonds. The molecule has 1 aliphatic rings. The summed E-state index contributed by atoms with van der Waals surface area (Å²) in [6.45, 7) is 7.92. The van der Waals surface area contributed by atoms with Gasteiger partial charge < -0.3 is 5.32 Å². The van der Waals surface area contributed by atoms with Crippen LogP contribution in [0.1, 0.15) is 46.0 Å². The highest BCUT2D eigenvalue weighted by molar-refractivity contribution is 7.91. The molecule has 1 heterocycles. The first kappa shape index (κ1) is 16.9. The van der Waals surface area contributed by atoms with Crippen molar-refractivity contribution in [2.45, 2.75) is 52.0 Å². The van der Waals surface area contributed by atoms with Crippen LogP contribution in [0, 0.1) is 0 Å². The molecule has 0 aliphatic carbocycles. The molecule has 1 atom stereocenters. The van der Waals surface area contributed by atoms with Crippen molar-refractivity contribution in [1.82, 2.24) is 10.2 Å². The number of rotatable bonds is 9. The van der Waals surface area contributed by atoms with Gasteiger partial charge in [-0.2, -0.15) is 0 Å². The van der Waals surface area contributed by atoms with Crippen LogP contribution in [0.5, 0.6) is 0 Å². The molecule has 1 saturated heterocycles. The summed E-state index contributed by atoms with van der Waals surface area (Å²) in [6.07, 6.45) is 5.56. The van der Waals surface area contributed by atoms with Crippen LogP contribution in [0.4, 0.5) is 0 Å². The number of nitrogens with one attached hydrogen (secondary N) is 1. The van der Waals surface area contributed by atoms with Crippen LogP contribution < -0.4 is 5.32 Å². The van der Waals surface area contributed by atoms with Crippen LogP contribution in [0.25, 0.3) is 0 Å². The third-order valence-corrected chi connectivity index (χ3v) is 5.60. The summed E-state index contributed by atoms with van der Waals surface area (Å²) in [5.41, 5.74) is 0. The van der Waals surface area contributed by atoms with Crippen molar-refractivity contribution in [2.75, 3.05) is 37.7 Å². The zero-order chi connectivity index (χ0) is 14.1. The van der Waals surface area contributed by atoms with Gasteiger partial charge in [-0.3, -0.25) is 4.90 Å². The van der Waals surface area contributed by atoms with E-state index in [1.54, 1.807) is 0 Å². The first-order chi connectivity index (χ1) is 9.09. The van der Waals surface area contributed by atoms with Crippen molar-refractivity contribution in [1.29, 1.82) is 0 Å². The Morgan fingerprint density at radius 3 is 2.63 bits per heavy atom. The fourth-order valence-electron chi connectivity index (χ4n) is 2.70. The minimum atomic E-state index is -2.84. The Bertz CT molecular complexity index is 330. The zero-order valence-corrected chi connectivity index (χ0v) is 13.3. The van der Waals surface area contributed by atoms with Gasteiger partial charge >= 0.3 is 0 Å². The van der Waals surface area contributed by atoms with Crippen LogP contribution >= 0.6 is 0 Å². The normalized spacial score (nSPS) is 21.7. The molecular weight excluding hydrogens is 260 g/mol. The van der Waals surface area contributed by atoms with Gasteiger partial charge in [0.1, 0.15) is 0 Å². The van der Waals surface area contributed by atoms with Crippen molar-refractivity contribution < 1.29 is 8.42 Å². The molecule has 1 unspecified atom stereocenters. The summed E-state index contributed by atoms with van der Waals surface area (Å²) in [4.78, 5) is 2.37. The van der Waals surface area contributed by atoms with Gasteiger partial charge in [-0.25, -0.2) is 8.42 Å². The number of piperidine rings is 1. The lowest BCUT2D eigenvalue weighted by molar-refractivity contribution is 0.154. The Morgan fingerprint density at radius 1 is 1.16 bits per heavy atom. The van der Waals surface area contributed by atoms with E-state index in [1.165, 1.54) is 19.3 Å². The standard InChI is InChI=1S/C14H30N2O2S/c1-3-8-15-13-14-7-5-6-9-16(14)10-12-19(17,18)11-4-2/h14-15H,3-13H2,1-2H3. The SMILES string of the molecule is CCCNCC1CCCCN1CCS(=O)(=O)CCC. The molecule has 0 aromatic rings. The van der Waals surface area contributed by atoms with Gasteiger partial charge in [0.25, 0.3) is 0 Å². The van der Waals surface area contributed by atoms with Crippen molar-refractivity contribution in [3.05, 3.63) is 0 Å². The quantitative estimate of drug-likeness (QED) is 0.656. The van der Waals surface area contributed by atoms with E-state index in [0.29, 0.717) is 24.1 Å². The summed E-state index contributed by atoms with van der Waals surface area (Å²) in [5.74, 6) is 0.657. The Morgan fingerprint density at radius 2 is 1.95 bits per heavy atom. The highest BCUT2D eigenvalue weighted by Gasteiger charge is 2.23. The van der Waals surface area contributed by atoms with E-state index in [1.807, 2.05) is 6.92 Å². The van der Waals surface area contributed by atoms with Gasteiger partial charge in [-0.15, -0.1) is 0 Å². The predicted molar refractivity (Wildman–Crippen MR) is 81.3 cm³/mol. The summed E-state index contributed by atoms with van der Waals surface area (Å²) < 4.78 is 23.6. The van der Waals surface area contributed by atoms with Gasteiger partial charge in [0.2, 0.25) is 0 Å². The number of likely N-dealkylation sites (tertiary alicyclic amines) is 1. The summed E-state index contributed by atoms with van der Waals surface area (Å²) in [7, 11) is -2.84. The molecule has 1 N–H and O–H groups in total. The molecule has 0 saturated carbocycles. The third kappa shape index (κ3) is 6.72. The fourth-order valence-corrected chi connectivity index (χ4v) is 4.04. The van der Waals surface area contributed by atoms with E-state index in [4.69, 9.17) is 0 Å². The highest BCUT2D eigenvalue weighted by Crippen LogP contribution is 2.16. The molecule has 0 aromatic carbocycles. The van der Waals surface area contributed by atoms with E-state index in [9.17, 15) is 8.42 Å². The van der Waals surface area contributed by atoms with Crippen molar-refractivity contribution in [3.63, 3.8) is 0 Å². The lowest BCUT2D eigenvalue weighted by Gasteiger charge is -2.35. The molecule has 1 aliphatic heterocycles. The Kier molecular flexibility index (Phi) is 7.95. The Hall–Kier alpha value is -0.130. The van der Waals surface area contributed by atoms with E-state index >= 15 is 0 Å². The summed E-state index contributed by atoms with van der Waals surface area (Å²) in [5, 5.41) is 3.47. The molecule has 1 rings (SSSR count). The average molecular weight is 290 g/mol. The second-order valence-corrected chi connectivity index (χ2v) is 7.85. The van der Waals surface area contributed by atoms with Crippen LogP contribution in [-0.4, -0.2) is 57.0 Å². The Labute approximate surface area is 118 Å². The number of nitrogens with zero attached hydrogens (tertiary/aromatic N) is 1. The van der Waals surface area contributed by atoms with Gasteiger partial charge in [-0.1, -0.05) is 20.3 Å². The summed E-state index contributed by atoms with van der Waals surface area (Å²) >= 11 is 0. The first-order valence-corrected chi connectivity index (χ1v) is 9.56. The highest BCUT2D eigenvalue weighted by atomic mass is 32.2. The number of hydrogen-bond acceptors (Lipinski definition) is 4. The molecule has 1 fully saturated rings. The molecule has 0 radical (unpaired) electrons. The summed E-state index contributed by atoms with van der Waals surface area (Å²) in [6, 6.07) is 0.525. The minimum Gasteiger partial charge on any atom is -0.315 e. The van der Waals surface area contributed by atoms with Crippen LogP contribution in [0.2, 0.25) is 0 Å². The predicted octanol–water partition coefficient (Wildman–Crippen LogP) is 1.67. The monoisotopic (exact) mass is 290 g/mol. The molecule has 0 bridgehead atoms. The lowest BCUT2D eigenvalue weighted by atomic mass is 10.0. The maximum atomic E-state index is 11.8. The number of sulfone groups is 1. The van der Waals surface area contributed by atoms with E-state index in [0.717, 1.165) is 32.5 Å². The first-order valence-electron chi connectivity index (χ1n) is 7.74. The molecule has 19 heavy (non-hydrogen) atoms. The lowest BCUT2D eigenvalue weighted by Crippen LogP contribution is -2.47. The molecule has 5 heteroatoms. The zero-order valence-electron chi connectivity index (χ0n) is 12.5. The molecule has 114 valence electrons. The minimum absolute atomic E-state index is 0.325. The molecular formula is C14H30N2O2S. The van der Waals surface area contributed by atoms with Gasteiger partial charge in [0.15, 0.2) is 9.84 Å². The van der Waals surface area contributed by atoms with Crippen LogP contribution in [0.3, 0.4) is 0 Å². The van der Waals surface area contributed by atoms with Gasteiger partial charge in [0, 0.05) is 24.9 Å².